The number of thiazole rings is 1. The van der Waals surface area contributed by atoms with E-state index in [1.54, 1.807) is 24.4 Å². The lowest BCUT2D eigenvalue weighted by atomic mass is 10.3. The number of pyridine rings is 1. The van der Waals surface area contributed by atoms with Crippen LogP contribution < -0.4 is 11.1 Å². The zero-order valence-corrected chi connectivity index (χ0v) is 10.4. The Morgan fingerprint density at radius 3 is 2.94 bits per heavy atom. The average molecular weight is 299 g/mol. The quantitative estimate of drug-likeness (QED) is 0.890. The van der Waals surface area contributed by atoms with E-state index in [0.717, 1.165) is 3.79 Å². The molecule has 0 unspecified atom stereocenters. The van der Waals surface area contributed by atoms with Crippen LogP contribution >= 0.6 is 27.3 Å². The number of halogens is 1. The monoisotopic (exact) mass is 298 g/mol. The largest absolute Gasteiger partial charge is 0.384 e. The number of hydrogen-bond donors (Lipinski definition) is 2. The second-order valence-electron chi connectivity index (χ2n) is 2.87. The zero-order chi connectivity index (χ0) is 11.5. The second kappa shape index (κ2) is 4.58. The molecule has 0 bridgehead atoms. The summed E-state index contributed by atoms with van der Waals surface area (Å²) >= 11 is 4.59. The molecule has 0 aliphatic rings. The molecule has 2 heterocycles. The first-order valence-corrected chi connectivity index (χ1v) is 5.91. The van der Waals surface area contributed by atoms with Gasteiger partial charge in [0.05, 0.1) is 9.98 Å². The van der Waals surface area contributed by atoms with Crippen molar-refractivity contribution in [2.75, 3.05) is 11.1 Å². The van der Waals surface area contributed by atoms with Crippen LogP contribution in [0.1, 0.15) is 10.5 Å². The minimum Gasteiger partial charge on any atom is -0.384 e. The smallest absolute Gasteiger partial charge is 0.276 e. The molecule has 82 valence electrons. The lowest BCUT2D eigenvalue weighted by molar-refractivity contribution is 0.102. The van der Waals surface area contributed by atoms with Crippen LogP contribution in [0, 0.1) is 0 Å². The van der Waals surface area contributed by atoms with Gasteiger partial charge in [0, 0.05) is 0 Å². The number of nitrogen functional groups attached to an aromatic ring is 1. The highest BCUT2D eigenvalue weighted by atomic mass is 79.9. The fraction of sp³-hybridized carbons (Fsp3) is 0. The summed E-state index contributed by atoms with van der Waals surface area (Å²) in [7, 11) is 0. The fourth-order valence-corrected chi connectivity index (χ4v) is 2.15. The van der Waals surface area contributed by atoms with Gasteiger partial charge in [-0.25, -0.2) is 9.97 Å². The van der Waals surface area contributed by atoms with E-state index in [9.17, 15) is 4.79 Å². The van der Waals surface area contributed by atoms with Crippen LogP contribution in [0.4, 0.5) is 10.9 Å². The number of nitrogens with one attached hydrogen (secondary N) is 1. The number of nitrogens with zero attached hydrogens (tertiary/aromatic N) is 2. The summed E-state index contributed by atoms with van der Waals surface area (Å²) in [4.78, 5) is 19.6. The maximum atomic E-state index is 11.7. The van der Waals surface area contributed by atoms with E-state index in [0.29, 0.717) is 10.9 Å². The van der Waals surface area contributed by atoms with Crippen molar-refractivity contribution < 1.29 is 4.79 Å². The average Bonchev–Trinajstić information content (AvgIpc) is 2.64. The van der Waals surface area contributed by atoms with Gasteiger partial charge in [-0.05, 0) is 28.1 Å². The predicted molar refractivity (Wildman–Crippen MR) is 66.4 cm³/mol. The van der Waals surface area contributed by atoms with E-state index in [4.69, 9.17) is 5.73 Å². The van der Waals surface area contributed by atoms with E-state index in [1.807, 2.05) is 0 Å². The molecule has 0 aliphatic heterocycles. The third kappa shape index (κ3) is 2.56. The van der Waals surface area contributed by atoms with Gasteiger partial charge in [-0.3, -0.25) is 10.1 Å². The summed E-state index contributed by atoms with van der Waals surface area (Å²) in [6.07, 6.45) is 1.62. The third-order valence-corrected chi connectivity index (χ3v) is 3.09. The molecule has 0 saturated carbocycles. The molecule has 0 aliphatic carbocycles. The van der Waals surface area contributed by atoms with Gasteiger partial charge in [-0.1, -0.05) is 17.4 Å². The van der Waals surface area contributed by atoms with Crippen molar-refractivity contribution in [2.24, 2.45) is 0 Å². The van der Waals surface area contributed by atoms with Crippen molar-refractivity contribution >= 4 is 44.1 Å². The standard InChI is InChI=1S/C9H7BrN4OS/c10-6-4-12-9(16-6)14-8(15)5-2-1-3-7(11)13-5/h1-4H,(H2,11,13)(H,12,14,15). The van der Waals surface area contributed by atoms with Crippen LogP contribution in [0.2, 0.25) is 0 Å². The zero-order valence-electron chi connectivity index (χ0n) is 7.98. The Labute approximate surface area is 104 Å². The number of nitrogens with two attached hydrogens (primary N) is 1. The van der Waals surface area contributed by atoms with Gasteiger partial charge in [0.25, 0.3) is 5.91 Å². The maximum absolute atomic E-state index is 11.7. The lowest BCUT2D eigenvalue weighted by Crippen LogP contribution is -2.13. The van der Waals surface area contributed by atoms with Crippen molar-refractivity contribution in [3.63, 3.8) is 0 Å². The van der Waals surface area contributed by atoms with Crippen molar-refractivity contribution in [2.45, 2.75) is 0 Å². The topological polar surface area (TPSA) is 80.9 Å². The molecule has 0 spiro atoms. The van der Waals surface area contributed by atoms with Gasteiger partial charge < -0.3 is 5.73 Å². The Hall–Kier alpha value is -1.47. The van der Waals surface area contributed by atoms with Gasteiger partial charge >= 0.3 is 0 Å². The van der Waals surface area contributed by atoms with Crippen LogP contribution in [0.15, 0.2) is 28.2 Å². The van der Waals surface area contributed by atoms with E-state index >= 15 is 0 Å². The van der Waals surface area contributed by atoms with Crippen LogP contribution in [-0.4, -0.2) is 15.9 Å². The molecule has 7 heteroatoms. The normalized spacial score (nSPS) is 10.1. The first kappa shape index (κ1) is 11.0. The molecule has 0 aromatic carbocycles. The number of carbonyl (C=O) groups is 1. The molecule has 2 rings (SSSR count). The highest BCUT2D eigenvalue weighted by molar-refractivity contribution is 9.11. The van der Waals surface area contributed by atoms with Gasteiger partial charge in [0.2, 0.25) is 0 Å². The van der Waals surface area contributed by atoms with E-state index in [-0.39, 0.29) is 11.6 Å². The molecule has 0 saturated heterocycles. The summed E-state index contributed by atoms with van der Waals surface area (Å²) in [5, 5.41) is 3.14. The van der Waals surface area contributed by atoms with Crippen molar-refractivity contribution in [3.8, 4) is 0 Å². The number of anilines is 2. The lowest BCUT2D eigenvalue weighted by Gasteiger charge is -2.00. The van der Waals surface area contributed by atoms with Gasteiger partial charge in [-0.2, -0.15) is 0 Å². The van der Waals surface area contributed by atoms with Crippen molar-refractivity contribution in [3.05, 3.63) is 33.9 Å². The van der Waals surface area contributed by atoms with Gasteiger partial charge in [-0.15, -0.1) is 0 Å². The fourth-order valence-electron chi connectivity index (χ4n) is 1.05. The summed E-state index contributed by atoms with van der Waals surface area (Å²) in [5.41, 5.74) is 5.75. The molecular formula is C9H7BrN4OS. The van der Waals surface area contributed by atoms with Crippen molar-refractivity contribution in [1.29, 1.82) is 0 Å². The van der Waals surface area contributed by atoms with E-state index < -0.39 is 0 Å². The van der Waals surface area contributed by atoms with E-state index in [1.165, 1.54) is 11.3 Å². The summed E-state index contributed by atoms with van der Waals surface area (Å²) in [5.74, 6) is -0.0119. The summed E-state index contributed by atoms with van der Waals surface area (Å²) in [6, 6.07) is 4.89. The molecule has 16 heavy (non-hydrogen) atoms. The number of amides is 1. The number of hydrogen-bond acceptors (Lipinski definition) is 5. The first-order chi connectivity index (χ1) is 7.65. The first-order valence-electron chi connectivity index (χ1n) is 4.30. The van der Waals surface area contributed by atoms with Crippen LogP contribution in [-0.2, 0) is 0 Å². The predicted octanol–water partition coefficient (Wildman–Crippen LogP) is 2.14. The Bertz CT molecular complexity index is 528. The molecule has 0 fully saturated rings. The molecule has 0 atom stereocenters. The summed E-state index contributed by atoms with van der Waals surface area (Å²) in [6.45, 7) is 0. The van der Waals surface area contributed by atoms with Crippen LogP contribution in [0.3, 0.4) is 0 Å². The molecule has 1 amide bonds. The number of aromatic nitrogens is 2. The molecule has 0 radical (unpaired) electrons. The Kier molecular flexibility index (Phi) is 3.16. The SMILES string of the molecule is Nc1cccc(C(=O)Nc2ncc(Br)s2)n1. The molecule has 5 nitrogen and oxygen atoms in total. The Morgan fingerprint density at radius 2 is 2.31 bits per heavy atom. The minimum atomic E-state index is -0.325. The Morgan fingerprint density at radius 1 is 1.50 bits per heavy atom. The summed E-state index contributed by atoms with van der Waals surface area (Å²) < 4.78 is 0.850. The van der Waals surface area contributed by atoms with Gasteiger partial charge in [0.15, 0.2) is 5.13 Å². The number of carbonyl (C=O) groups excluding carboxylic acids is 1. The third-order valence-electron chi connectivity index (χ3n) is 1.70. The van der Waals surface area contributed by atoms with Crippen LogP contribution in [0.5, 0.6) is 0 Å². The van der Waals surface area contributed by atoms with Gasteiger partial charge in [0.1, 0.15) is 11.5 Å². The molecule has 2 aromatic heterocycles. The maximum Gasteiger partial charge on any atom is 0.276 e. The molecule has 2 aromatic rings. The minimum absolute atomic E-state index is 0.270. The highest BCUT2D eigenvalue weighted by Crippen LogP contribution is 2.23. The van der Waals surface area contributed by atoms with Crippen LogP contribution in [0.25, 0.3) is 0 Å². The van der Waals surface area contributed by atoms with Crippen molar-refractivity contribution in [1.82, 2.24) is 9.97 Å². The second-order valence-corrected chi connectivity index (χ2v) is 5.28. The van der Waals surface area contributed by atoms with E-state index in [2.05, 4.69) is 31.2 Å². The molecule has 3 N–H and O–H groups in total. The highest BCUT2D eigenvalue weighted by Gasteiger charge is 2.09. The Balaban J connectivity index is 2.14. The molecular weight excluding hydrogens is 292 g/mol. The number of rotatable bonds is 2.